The van der Waals surface area contributed by atoms with Crippen LogP contribution in [0.1, 0.15) is 33.4 Å². The standard InChI is InChI=1S/C45H47N4S2/c1-46(44-21-17-38(18-22-44)13-14-40-25-28-48(29-26-40)35-41-9-5-3-6-10-41)31-33-50-51-34-32-47(2)45-23-19-39(20-24-45)15-16-43-27-30-49(37-43)36-42-11-7-4-8-12-42/h3-30,37H,31-36H2,1-2H3/q+1/b16-15+. The zero-order chi connectivity index (χ0) is 35.1. The Morgan fingerprint density at radius 3 is 1.53 bits per heavy atom. The van der Waals surface area contributed by atoms with E-state index in [1.807, 2.05) is 21.6 Å². The molecule has 0 amide bonds. The van der Waals surface area contributed by atoms with Gasteiger partial charge in [-0.15, -0.1) is 0 Å². The molecule has 6 aromatic rings. The zero-order valence-electron chi connectivity index (χ0n) is 29.6. The third-order valence-corrected chi connectivity index (χ3v) is 11.2. The molecule has 0 atom stereocenters. The van der Waals surface area contributed by atoms with Crippen molar-refractivity contribution in [2.24, 2.45) is 0 Å². The van der Waals surface area contributed by atoms with Gasteiger partial charge >= 0.3 is 0 Å². The number of aromatic nitrogens is 2. The Kier molecular flexibility index (Phi) is 13.3. The highest BCUT2D eigenvalue weighted by Gasteiger charge is 2.05. The van der Waals surface area contributed by atoms with Crippen LogP contribution in [0.2, 0.25) is 0 Å². The van der Waals surface area contributed by atoms with Gasteiger partial charge in [0.1, 0.15) is 0 Å². The molecule has 0 unspecified atom stereocenters. The molecule has 0 bridgehead atoms. The van der Waals surface area contributed by atoms with E-state index in [0.29, 0.717) is 0 Å². The first-order valence-electron chi connectivity index (χ1n) is 17.5. The fourth-order valence-corrected chi connectivity index (χ4v) is 7.81. The molecule has 0 fully saturated rings. The number of anilines is 2. The summed E-state index contributed by atoms with van der Waals surface area (Å²) >= 11 is 0. The minimum absolute atomic E-state index is 0.885. The molecule has 4 nitrogen and oxygen atoms in total. The van der Waals surface area contributed by atoms with Gasteiger partial charge < -0.3 is 14.4 Å². The van der Waals surface area contributed by atoms with Gasteiger partial charge in [-0.05, 0) is 58.1 Å². The molecule has 6 heteroatoms. The number of rotatable bonds is 17. The second-order valence-corrected chi connectivity index (χ2v) is 15.4. The van der Waals surface area contributed by atoms with Crippen LogP contribution in [-0.2, 0) is 13.1 Å². The second-order valence-electron chi connectivity index (χ2n) is 12.7. The Labute approximate surface area is 312 Å². The summed E-state index contributed by atoms with van der Waals surface area (Å²) in [5.41, 5.74) is 9.95. The molecule has 258 valence electrons. The van der Waals surface area contributed by atoms with Crippen molar-refractivity contribution in [1.82, 2.24) is 4.57 Å². The summed E-state index contributed by atoms with van der Waals surface area (Å²) in [6.45, 7) is 3.81. The fraction of sp³-hybridized carbons (Fsp3) is 0.178. The summed E-state index contributed by atoms with van der Waals surface area (Å²) in [4.78, 5) is 4.68. The van der Waals surface area contributed by atoms with Gasteiger partial charge in [0.15, 0.2) is 18.9 Å². The molecule has 0 N–H and O–H groups in total. The zero-order valence-corrected chi connectivity index (χ0v) is 31.2. The van der Waals surface area contributed by atoms with Gasteiger partial charge in [0.05, 0.1) is 0 Å². The Morgan fingerprint density at radius 2 is 1.00 bits per heavy atom. The van der Waals surface area contributed by atoms with E-state index < -0.39 is 0 Å². The Morgan fingerprint density at radius 1 is 0.529 bits per heavy atom. The highest BCUT2D eigenvalue weighted by atomic mass is 33.1. The molecule has 2 heterocycles. The molecule has 51 heavy (non-hydrogen) atoms. The van der Waals surface area contributed by atoms with E-state index in [2.05, 4.69) is 210 Å². The fourth-order valence-electron chi connectivity index (χ4n) is 5.72. The van der Waals surface area contributed by atoms with E-state index in [9.17, 15) is 0 Å². The Bertz CT molecular complexity index is 1950. The molecule has 4 aromatic carbocycles. The van der Waals surface area contributed by atoms with Gasteiger partial charge in [-0.1, -0.05) is 131 Å². The van der Waals surface area contributed by atoms with Crippen molar-refractivity contribution in [3.05, 3.63) is 186 Å². The smallest absolute Gasteiger partial charge is 0.173 e. The van der Waals surface area contributed by atoms with Crippen LogP contribution >= 0.6 is 21.6 Å². The van der Waals surface area contributed by atoms with Crippen LogP contribution in [-0.4, -0.2) is 43.3 Å². The lowest BCUT2D eigenvalue weighted by atomic mass is 10.1. The quantitative estimate of drug-likeness (QED) is 0.0533. The minimum Gasteiger partial charge on any atom is -0.374 e. The predicted octanol–water partition coefficient (Wildman–Crippen LogP) is 10.2. The van der Waals surface area contributed by atoms with Crippen molar-refractivity contribution in [1.29, 1.82) is 0 Å². The van der Waals surface area contributed by atoms with Crippen molar-refractivity contribution in [3.63, 3.8) is 0 Å². The van der Waals surface area contributed by atoms with Crippen LogP contribution in [0.5, 0.6) is 0 Å². The van der Waals surface area contributed by atoms with E-state index in [4.69, 9.17) is 0 Å². The molecule has 0 saturated heterocycles. The van der Waals surface area contributed by atoms with Gasteiger partial charge in [0.25, 0.3) is 0 Å². The molecule has 0 aliphatic rings. The second kappa shape index (κ2) is 18.9. The maximum atomic E-state index is 2.34. The molecule has 6 rings (SSSR count). The summed E-state index contributed by atoms with van der Waals surface area (Å²) < 4.78 is 4.44. The Hall–Kier alpha value is -4.91. The summed E-state index contributed by atoms with van der Waals surface area (Å²) in [6, 6.07) is 45.3. The molecular weight excluding hydrogens is 661 g/mol. The average Bonchev–Trinajstić information content (AvgIpc) is 3.63. The number of nitrogens with zero attached hydrogens (tertiary/aromatic N) is 4. The van der Waals surface area contributed by atoms with Gasteiger partial charge in [-0.3, -0.25) is 0 Å². The van der Waals surface area contributed by atoms with Crippen molar-refractivity contribution >= 4 is 57.3 Å². The molecular formula is C45H47N4S2+. The van der Waals surface area contributed by atoms with E-state index in [0.717, 1.165) is 37.7 Å². The molecule has 0 aliphatic heterocycles. The van der Waals surface area contributed by atoms with Gasteiger partial charge in [-0.25, -0.2) is 4.57 Å². The lowest BCUT2D eigenvalue weighted by Crippen LogP contribution is -2.32. The number of benzene rings is 4. The van der Waals surface area contributed by atoms with Crippen molar-refractivity contribution in [2.75, 3.05) is 48.5 Å². The van der Waals surface area contributed by atoms with Crippen LogP contribution < -0.4 is 14.4 Å². The first-order valence-corrected chi connectivity index (χ1v) is 20.0. The molecule has 0 spiro atoms. The average molecular weight is 708 g/mol. The third kappa shape index (κ3) is 11.6. The number of hydrogen-bond acceptors (Lipinski definition) is 4. The summed E-state index contributed by atoms with van der Waals surface area (Å²) in [6.07, 6.45) is 17.4. The van der Waals surface area contributed by atoms with Crippen molar-refractivity contribution < 1.29 is 4.57 Å². The van der Waals surface area contributed by atoms with E-state index in [1.165, 1.54) is 44.8 Å². The lowest BCUT2D eigenvalue weighted by Gasteiger charge is -2.20. The van der Waals surface area contributed by atoms with Crippen LogP contribution in [0.25, 0.3) is 24.3 Å². The summed E-state index contributed by atoms with van der Waals surface area (Å²) in [5, 5.41) is 0. The van der Waals surface area contributed by atoms with Crippen molar-refractivity contribution in [2.45, 2.75) is 13.1 Å². The normalized spacial score (nSPS) is 11.4. The maximum absolute atomic E-state index is 2.34. The largest absolute Gasteiger partial charge is 0.374 e. The number of hydrogen-bond donors (Lipinski definition) is 0. The van der Waals surface area contributed by atoms with E-state index >= 15 is 0 Å². The van der Waals surface area contributed by atoms with Crippen LogP contribution in [0.15, 0.2) is 152 Å². The molecule has 0 radical (unpaired) electrons. The van der Waals surface area contributed by atoms with Crippen LogP contribution in [0.3, 0.4) is 0 Å². The Balaban J connectivity index is 0.856. The van der Waals surface area contributed by atoms with E-state index in [1.54, 1.807) is 0 Å². The lowest BCUT2D eigenvalue weighted by molar-refractivity contribution is -0.688. The predicted molar refractivity (Wildman–Crippen MR) is 224 cm³/mol. The molecule has 0 saturated carbocycles. The third-order valence-electron chi connectivity index (χ3n) is 8.81. The number of pyridine rings is 1. The van der Waals surface area contributed by atoms with Gasteiger partial charge in [0, 0.05) is 86.7 Å². The topological polar surface area (TPSA) is 15.3 Å². The molecule has 0 aliphatic carbocycles. The highest BCUT2D eigenvalue weighted by Crippen LogP contribution is 2.24. The van der Waals surface area contributed by atoms with Crippen LogP contribution in [0, 0.1) is 0 Å². The monoisotopic (exact) mass is 707 g/mol. The van der Waals surface area contributed by atoms with E-state index in [-0.39, 0.29) is 0 Å². The summed E-state index contributed by atoms with van der Waals surface area (Å²) in [7, 11) is 8.27. The first kappa shape index (κ1) is 35.9. The van der Waals surface area contributed by atoms with Crippen molar-refractivity contribution in [3.8, 4) is 0 Å². The molecule has 2 aromatic heterocycles. The summed E-state index contributed by atoms with van der Waals surface area (Å²) in [5.74, 6) is 2.17. The first-order chi connectivity index (χ1) is 25.1. The minimum atomic E-state index is 0.885. The van der Waals surface area contributed by atoms with Gasteiger partial charge in [-0.2, -0.15) is 0 Å². The van der Waals surface area contributed by atoms with Crippen LogP contribution in [0.4, 0.5) is 11.4 Å². The SMILES string of the molecule is CN(CCSSCCN(C)c1ccc(/C=C/c2ccn(Cc3ccccc3)c2)cc1)c1ccc(/C=C/c2cc[n+](Cc3ccccc3)cc2)cc1. The highest BCUT2D eigenvalue weighted by molar-refractivity contribution is 8.76. The van der Waals surface area contributed by atoms with Gasteiger partial charge in [0.2, 0.25) is 0 Å². The maximum Gasteiger partial charge on any atom is 0.173 e.